The molecule has 4 aromatic heterocycles. The van der Waals surface area contributed by atoms with E-state index in [-0.39, 0.29) is 187 Å². The van der Waals surface area contributed by atoms with Gasteiger partial charge in [-0.1, -0.05) is 98.0 Å². The maximum atomic E-state index is 10.1. The molecule has 1 atom stereocenters. The summed E-state index contributed by atoms with van der Waals surface area (Å²) in [4.78, 5) is 15.5. The molecule has 0 aromatic carbocycles. The van der Waals surface area contributed by atoms with Crippen molar-refractivity contribution in [3.05, 3.63) is 120 Å². The van der Waals surface area contributed by atoms with Gasteiger partial charge >= 0.3 is 51.4 Å². The Morgan fingerprint density at radius 1 is 0.825 bits per heavy atom. The van der Waals surface area contributed by atoms with Crippen molar-refractivity contribution >= 4 is 91.2 Å². The van der Waals surface area contributed by atoms with Gasteiger partial charge in [-0.2, -0.15) is 72.1 Å². The Balaban J connectivity index is -0.000000138. The maximum absolute atomic E-state index is 10.1. The van der Waals surface area contributed by atoms with Gasteiger partial charge in [-0.05, 0) is 42.9 Å². The van der Waals surface area contributed by atoms with Crippen LogP contribution in [0.4, 0.5) is 0 Å². The van der Waals surface area contributed by atoms with Crippen molar-refractivity contribution < 1.29 is 187 Å². The van der Waals surface area contributed by atoms with Crippen LogP contribution in [0.15, 0.2) is 73.3 Å². The van der Waals surface area contributed by atoms with Gasteiger partial charge < -0.3 is 30.8 Å². The van der Waals surface area contributed by atoms with Crippen molar-refractivity contribution in [2.45, 2.75) is 74.7 Å². The minimum Gasteiger partial charge on any atom is -0.850 e. The van der Waals surface area contributed by atoms with Crippen molar-refractivity contribution in [1.82, 2.24) is 19.9 Å². The summed E-state index contributed by atoms with van der Waals surface area (Å²) in [6.45, 7) is 4.90. The average molecular weight is 1280 g/mol. The first-order chi connectivity index (χ1) is 25.0. The smallest absolute Gasteiger partial charge is 0.850 e. The summed E-state index contributed by atoms with van der Waals surface area (Å²) in [5.74, 6) is 6.22. The first-order valence-corrected chi connectivity index (χ1v) is 22.3. The van der Waals surface area contributed by atoms with Gasteiger partial charge in [-0.15, -0.1) is 62.7 Å². The number of rotatable bonds is 11. The minimum atomic E-state index is -0.750. The van der Waals surface area contributed by atoms with E-state index in [4.69, 9.17) is 45.9 Å². The van der Waals surface area contributed by atoms with Crippen LogP contribution in [0.25, 0.3) is 0 Å². The van der Waals surface area contributed by atoms with Crippen LogP contribution >= 0.6 is 86.0 Å². The first-order valence-electron chi connectivity index (χ1n) is 16.4. The van der Waals surface area contributed by atoms with Crippen LogP contribution in [0.2, 0.25) is 0 Å². The molecule has 1 unspecified atom stereocenters. The summed E-state index contributed by atoms with van der Waals surface area (Å²) in [6, 6.07) is 15.2. The Labute approximate surface area is 522 Å². The molecule has 1 saturated heterocycles. The van der Waals surface area contributed by atoms with Crippen LogP contribution in [-0.4, -0.2) is 59.3 Å². The summed E-state index contributed by atoms with van der Waals surface area (Å²) in [6.07, 6.45) is 22.9. The largest absolute Gasteiger partial charge is 1.00 e. The molecular weight excluding hydrogens is 1230 g/mol. The Bertz CT molecular complexity index is 1370. The third-order valence-corrected chi connectivity index (χ3v) is 10.2. The molecule has 5 heterocycles. The topological polar surface area (TPSA) is 124 Å². The molecule has 0 amide bonds. The van der Waals surface area contributed by atoms with Gasteiger partial charge in [0.2, 0.25) is 0 Å². The molecule has 57 heavy (non-hydrogen) atoms. The summed E-state index contributed by atoms with van der Waals surface area (Å²) >= 11 is 24.7. The molecule has 1 aliphatic rings. The molecular formula is C38H49BrCl3KN6OS3Y4-4. The molecule has 4 aromatic rings. The predicted molar refractivity (Wildman–Crippen MR) is 230 cm³/mol. The molecule has 0 spiro atoms. The zero-order chi connectivity index (χ0) is 38.7. The van der Waals surface area contributed by atoms with Crippen LogP contribution < -0.4 is 62.2 Å². The number of nitrogens with two attached hydrogens (primary N) is 1. The van der Waals surface area contributed by atoms with Crippen LogP contribution in [-0.2, 0) is 148 Å². The van der Waals surface area contributed by atoms with Crippen LogP contribution in [0.5, 0.6) is 0 Å². The second kappa shape index (κ2) is 53.1. The zero-order valence-corrected chi connectivity index (χ0v) is 54.1. The molecule has 300 valence electrons. The van der Waals surface area contributed by atoms with Crippen molar-refractivity contribution in [2.75, 3.05) is 28.6 Å². The normalized spacial score (nSPS) is 11.6. The predicted octanol–water partition coefficient (Wildman–Crippen LogP) is 6.97. The van der Waals surface area contributed by atoms with E-state index in [0.29, 0.717) is 16.9 Å². The van der Waals surface area contributed by atoms with E-state index in [2.05, 4.69) is 66.7 Å². The fraction of sp³-hybridized carbons (Fsp3) is 0.447. The maximum Gasteiger partial charge on any atom is 1.00 e. The van der Waals surface area contributed by atoms with Crippen molar-refractivity contribution in [3.63, 3.8) is 0 Å². The summed E-state index contributed by atoms with van der Waals surface area (Å²) in [5.41, 5.74) is 9.12. The number of nitrogens with one attached hydrogen (secondary N) is 1. The Morgan fingerprint density at radius 3 is 1.60 bits per heavy atom. The third kappa shape index (κ3) is 53.0. The number of aromatic nitrogens is 4. The second-order valence-corrected chi connectivity index (χ2v) is 16.6. The molecule has 1 aliphatic heterocycles. The third-order valence-electron chi connectivity index (χ3n) is 5.48. The standard InChI is InChI=1S/C9H11ClNS.C9H10NS.C7H8N3S.C6H5ClN.C4H9O.C3H6BrCl.K.4Y/c10-4-2-6-12-8-9-3-1-5-11-7-9;1-3-8(7-10-5-1)9-4-2-6-11-9;8-7(9)11-5-6-2-1-3-10-4-6;7-4-6-2-1-3-8-5-6;1-4(2,3)5;4-2-1-3-5;;;;;/h1,3,7H,2,4,6,8H2;1,3,7,9H,2,4,6H2;1-2,4H,5H2,(H3,8,9);1-2,5H,4H2;1-3H3;1-3H2;;;;;/q5*-1;;+1;;;;. The number of amidine groups is 1. The molecule has 0 bridgehead atoms. The first kappa shape index (κ1) is 73.1. The van der Waals surface area contributed by atoms with Crippen LogP contribution in [0.3, 0.4) is 0 Å². The number of thioether (sulfide) groups is 3. The second-order valence-electron chi connectivity index (χ2n) is 11.3. The van der Waals surface area contributed by atoms with E-state index in [1.165, 1.54) is 41.5 Å². The molecule has 3 N–H and O–H groups in total. The monoisotopic (exact) mass is 1280 g/mol. The van der Waals surface area contributed by atoms with Gasteiger partial charge in [0.05, 0.1) is 0 Å². The molecule has 0 saturated carbocycles. The van der Waals surface area contributed by atoms with E-state index in [0.717, 1.165) is 52.6 Å². The van der Waals surface area contributed by atoms with Crippen LogP contribution in [0, 0.1) is 30.2 Å². The van der Waals surface area contributed by atoms with Gasteiger partial charge in [-0.25, -0.2) is 0 Å². The Hall–Kier alpha value is 4.48. The molecule has 1 fully saturated rings. The van der Waals surface area contributed by atoms with E-state index in [9.17, 15) is 5.11 Å². The molecule has 7 nitrogen and oxygen atoms in total. The molecule has 0 aliphatic carbocycles. The number of hydrogen-bond donors (Lipinski definition) is 2. The van der Waals surface area contributed by atoms with Gasteiger partial charge in [0.1, 0.15) is 0 Å². The Kier molecular flexibility index (Phi) is 68.1. The quantitative estimate of drug-likeness (QED) is 0.0410. The van der Waals surface area contributed by atoms with Crippen molar-refractivity contribution in [2.24, 2.45) is 5.73 Å². The number of halogens is 4. The number of pyridine rings is 4. The minimum absolute atomic E-state index is 0. The van der Waals surface area contributed by atoms with Gasteiger partial charge in [-0.3, -0.25) is 5.41 Å². The van der Waals surface area contributed by atoms with E-state index in [1.54, 1.807) is 45.3 Å². The number of alkyl halides is 4. The summed E-state index contributed by atoms with van der Waals surface area (Å²) in [5, 5.41) is 18.9. The fourth-order valence-electron chi connectivity index (χ4n) is 3.22. The summed E-state index contributed by atoms with van der Waals surface area (Å²) < 4.78 is 0. The van der Waals surface area contributed by atoms with Crippen molar-refractivity contribution in [1.29, 1.82) is 5.41 Å². The molecule has 5 rings (SSSR count). The van der Waals surface area contributed by atoms with Crippen molar-refractivity contribution in [3.8, 4) is 0 Å². The van der Waals surface area contributed by atoms with Gasteiger partial charge in [0.25, 0.3) is 0 Å². The average Bonchev–Trinajstić information content (AvgIpc) is 3.71. The Morgan fingerprint density at radius 2 is 1.28 bits per heavy atom. The van der Waals surface area contributed by atoms with E-state index in [1.807, 2.05) is 66.2 Å². The van der Waals surface area contributed by atoms with Crippen LogP contribution in [0.1, 0.15) is 74.0 Å². The van der Waals surface area contributed by atoms with Gasteiger partial charge in [0, 0.05) is 165 Å². The molecule has 4 radical (unpaired) electrons. The van der Waals surface area contributed by atoms with E-state index < -0.39 is 5.60 Å². The molecule has 19 heteroatoms. The van der Waals surface area contributed by atoms with Gasteiger partial charge in [0.15, 0.2) is 5.17 Å². The number of hydrogen-bond acceptors (Lipinski definition) is 9. The SMILES string of the molecule is CC(C)(C)[O-].ClCCCBr.ClCCCSCc1cc[c-]nc1.ClCc1cc[c-]nc1.N=C(N)SCc1cc[c-]nc1.[K+].[Y].[Y].[Y].[Y].[c-]1ccc(C2CCCS2)cn1. The number of nitrogens with zero attached hydrogens (tertiary/aromatic N) is 4. The fourth-order valence-corrected chi connectivity index (χ4v) is 7.08. The summed E-state index contributed by atoms with van der Waals surface area (Å²) in [7, 11) is 0. The van der Waals surface area contributed by atoms with E-state index >= 15 is 0 Å². The zero-order valence-electron chi connectivity index (χ0n) is 33.3.